The van der Waals surface area contributed by atoms with Crippen LogP contribution >= 0.6 is 0 Å². The van der Waals surface area contributed by atoms with E-state index in [4.69, 9.17) is 4.74 Å². The van der Waals surface area contributed by atoms with Crippen molar-refractivity contribution in [3.63, 3.8) is 0 Å². The van der Waals surface area contributed by atoms with Crippen LogP contribution < -0.4 is 15.4 Å². The number of hydrogen-bond donors (Lipinski definition) is 2. The normalized spacial score (nSPS) is 19.6. The Hall–Kier alpha value is -2.93. The maximum atomic E-state index is 13.1. The summed E-state index contributed by atoms with van der Waals surface area (Å²) in [5, 5.41) is 6.45. The van der Waals surface area contributed by atoms with E-state index in [1.165, 1.54) is 12.1 Å². The van der Waals surface area contributed by atoms with Crippen molar-refractivity contribution < 1.29 is 18.7 Å². The van der Waals surface area contributed by atoms with Crippen molar-refractivity contribution in [3.8, 4) is 5.75 Å². The zero-order valence-electron chi connectivity index (χ0n) is 18.8. The summed E-state index contributed by atoms with van der Waals surface area (Å²) in [6, 6.07) is 14.1. The van der Waals surface area contributed by atoms with Gasteiger partial charge in [-0.3, -0.25) is 9.59 Å². The van der Waals surface area contributed by atoms with Gasteiger partial charge in [-0.2, -0.15) is 0 Å². The van der Waals surface area contributed by atoms with Crippen LogP contribution in [0.3, 0.4) is 0 Å². The average molecular weight is 442 g/mol. The van der Waals surface area contributed by atoms with Crippen molar-refractivity contribution >= 4 is 11.8 Å². The summed E-state index contributed by atoms with van der Waals surface area (Å²) in [6.45, 7) is 1.62. The second kappa shape index (κ2) is 11.6. The number of ether oxygens (including phenoxy) is 1. The van der Waals surface area contributed by atoms with E-state index in [1.807, 2.05) is 24.3 Å². The Labute approximate surface area is 189 Å². The summed E-state index contributed by atoms with van der Waals surface area (Å²) < 4.78 is 18.3. The number of methoxy groups -OCH3 is 1. The molecule has 0 radical (unpaired) electrons. The minimum Gasteiger partial charge on any atom is -0.497 e. The van der Waals surface area contributed by atoms with Crippen LogP contribution in [0.1, 0.15) is 36.8 Å². The maximum Gasteiger partial charge on any atom is 0.223 e. The summed E-state index contributed by atoms with van der Waals surface area (Å²) in [7, 11) is 3.40. The van der Waals surface area contributed by atoms with Crippen LogP contribution in [0.25, 0.3) is 0 Å². The zero-order chi connectivity index (χ0) is 22.9. The Kier molecular flexibility index (Phi) is 8.62. The predicted molar refractivity (Wildman–Crippen MR) is 121 cm³/mol. The van der Waals surface area contributed by atoms with Gasteiger partial charge in [0, 0.05) is 45.1 Å². The van der Waals surface area contributed by atoms with E-state index in [9.17, 15) is 14.0 Å². The lowest BCUT2D eigenvalue weighted by Gasteiger charge is -2.24. The summed E-state index contributed by atoms with van der Waals surface area (Å²) in [4.78, 5) is 27.2. The Morgan fingerprint density at radius 3 is 2.41 bits per heavy atom. The minimum absolute atomic E-state index is 0.0231. The first-order chi connectivity index (χ1) is 15.4. The molecule has 2 aromatic rings. The average Bonchev–Trinajstić information content (AvgIpc) is 2.87. The molecule has 7 heteroatoms. The molecule has 0 saturated carbocycles. The molecule has 2 N–H and O–H groups in total. The standard InChI is InChI=1S/C25H32FN3O3/c1-29-17-22(27-15-18-6-10-21(26)11-7-18)5-3-4-20(14-24(29)30)25(31)28-16-19-8-12-23(32-2)13-9-19/h6-13,20,22,27H,3-5,14-17H2,1-2H3,(H,28,31). The minimum atomic E-state index is -0.334. The van der Waals surface area contributed by atoms with Gasteiger partial charge in [-0.15, -0.1) is 0 Å². The molecule has 1 heterocycles. The van der Waals surface area contributed by atoms with Gasteiger partial charge in [-0.05, 0) is 48.2 Å². The quantitative estimate of drug-likeness (QED) is 0.692. The number of carbonyl (C=O) groups is 2. The van der Waals surface area contributed by atoms with E-state index in [0.717, 1.165) is 29.7 Å². The highest BCUT2D eigenvalue weighted by molar-refractivity contribution is 5.85. The summed E-state index contributed by atoms with van der Waals surface area (Å²) >= 11 is 0. The van der Waals surface area contributed by atoms with Crippen molar-refractivity contribution in [2.45, 2.75) is 44.8 Å². The summed E-state index contributed by atoms with van der Waals surface area (Å²) in [6.07, 6.45) is 2.60. The number of carbonyl (C=O) groups excluding carboxylic acids is 2. The third kappa shape index (κ3) is 7.05. The number of likely N-dealkylation sites (N-methyl/N-ethyl adjacent to an activating group) is 1. The fourth-order valence-electron chi connectivity index (χ4n) is 3.93. The molecule has 6 nitrogen and oxygen atoms in total. The molecule has 2 atom stereocenters. The molecule has 172 valence electrons. The topological polar surface area (TPSA) is 70.7 Å². The van der Waals surface area contributed by atoms with Gasteiger partial charge in [-0.25, -0.2) is 4.39 Å². The second-order valence-electron chi connectivity index (χ2n) is 8.38. The molecule has 0 bridgehead atoms. The van der Waals surface area contributed by atoms with Crippen LogP contribution in [0.4, 0.5) is 4.39 Å². The van der Waals surface area contributed by atoms with Crippen molar-refractivity contribution in [2.24, 2.45) is 5.92 Å². The van der Waals surface area contributed by atoms with Crippen molar-refractivity contribution in [1.29, 1.82) is 0 Å². The molecular formula is C25H32FN3O3. The molecule has 2 aromatic carbocycles. The Morgan fingerprint density at radius 2 is 1.72 bits per heavy atom. The molecule has 2 amide bonds. The van der Waals surface area contributed by atoms with Crippen LogP contribution in [-0.4, -0.2) is 43.5 Å². The molecule has 0 aliphatic carbocycles. The van der Waals surface area contributed by atoms with Crippen LogP contribution in [0, 0.1) is 11.7 Å². The number of halogens is 1. The third-order valence-corrected chi connectivity index (χ3v) is 5.95. The van der Waals surface area contributed by atoms with Gasteiger partial charge in [0.15, 0.2) is 0 Å². The van der Waals surface area contributed by atoms with Crippen molar-refractivity contribution in [1.82, 2.24) is 15.5 Å². The zero-order valence-corrected chi connectivity index (χ0v) is 18.8. The first-order valence-electron chi connectivity index (χ1n) is 11.1. The molecule has 1 fully saturated rings. The lowest BCUT2D eigenvalue weighted by Crippen LogP contribution is -2.41. The van der Waals surface area contributed by atoms with E-state index >= 15 is 0 Å². The van der Waals surface area contributed by atoms with Crippen molar-refractivity contribution in [2.75, 3.05) is 20.7 Å². The highest BCUT2D eigenvalue weighted by Gasteiger charge is 2.27. The molecule has 32 heavy (non-hydrogen) atoms. The number of benzene rings is 2. The molecule has 0 spiro atoms. The first kappa shape index (κ1) is 23.7. The highest BCUT2D eigenvalue weighted by atomic mass is 19.1. The lowest BCUT2D eigenvalue weighted by molar-refractivity contribution is -0.135. The van der Waals surface area contributed by atoms with Crippen molar-refractivity contribution in [3.05, 3.63) is 65.5 Å². The molecule has 1 aliphatic rings. The Balaban J connectivity index is 1.53. The molecule has 0 aromatic heterocycles. The van der Waals surface area contributed by atoms with Gasteiger partial charge in [0.05, 0.1) is 7.11 Å². The fourth-order valence-corrected chi connectivity index (χ4v) is 3.93. The summed E-state index contributed by atoms with van der Waals surface area (Å²) in [5.41, 5.74) is 1.98. The van der Waals surface area contributed by atoms with Gasteiger partial charge in [0.1, 0.15) is 11.6 Å². The van der Waals surface area contributed by atoms with E-state index in [-0.39, 0.29) is 36.0 Å². The second-order valence-corrected chi connectivity index (χ2v) is 8.38. The van der Waals surface area contributed by atoms with E-state index in [0.29, 0.717) is 26.1 Å². The van der Waals surface area contributed by atoms with E-state index in [1.54, 1.807) is 31.2 Å². The molecule has 3 rings (SSSR count). The van der Waals surface area contributed by atoms with Crippen LogP contribution in [0.5, 0.6) is 5.75 Å². The monoisotopic (exact) mass is 441 g/mol. The smallest absolute Gasteiger partial charge is 0.223 e. The number of amides is 2. The van der Waals surface area contributed by atoms with Gasteiger partial charge < -0.3 is 20.3 Å². The summed E-state index contributed by atoms with van der Waals surface area (Å²) in [5.74, 6) is 0.0785. The molecule has 1 aliphatic heterocycles. The molecule has 2 unspecified atom stereocenters. The Bertz CT molecular complexity index is 886. The maximum absolute atomic E-state index is 13.1. The van der Waals surface area contributed by atoms with Crippen LogP contribution in [0.2, 0.25) is 0 Å². The number of hydrogen-bond acceptors (Lipinski definition) is 4. The largest absolute Gasteiger partial charge is 0.497 e. The Morgan fingerprint density at radius 1 is 1.06 bits per heavy atom. The molecule has 1 saturated heterocycles. The van der Waals surface area contributed by atoms with Gasteiger partial charge in [0.25, 0.3) is 0 Å². The SMILES string of the molecule is COc1ccc(CNC(=O)C2CCCC(NCc3ccc(F)cc3)CN(C)C(=O)C2)cc1. The van der Waals surface area contributed by atoms with E-state index in [2.05, 4.69) is 10.6 Å². The van der Waals surface area contributed by atoms with Gasteiger partial charge in [-0.1, -0.05) is 30.7 Å². The lowest BCUT2D eigenvalue weighted by atomic mass is 9.96. The predicted octanol–water partition coefficient (Wildman–Crippen LogP) is 3.26. The van der Waals surface area contributed by atoms with Crippen LogP contribution in [0.15, 0.2) is 48.5 Å². The van der Waals surface area contributed by atoms with Crippen LogP contribution in [-0.2, 0) is 22.7 Å². The van der Waals surface area contributed by atoms with Gasteiger partial charge in [0.2, 0.25) is 11.8 Å². The fraction of sp³-hybridized carbons (Fsp3) is 0.440. The first-order valence-corrected chi connectivity index (χ1v) is 11.1. The number of nitrogens with zero attached hydrogens (tertiary/aromatic N) is 1. The third-order valence-electron chi connectivity index (χ3n) is 5.95. The van der Waals surface area contributed by atoms with E-state index < -0.39 is 0 Å². The van der Waals surface area contributed by atoms with Gasteiger partial charge >= 0.3 is 0 Å². The molecular weight excluding hydrogens is 409 g/mol. The number of rotatable bonds is 7. The number of nitrogens with one attached hydrogen (secondary N) is 2. The highest BCUT2D eigenvalue weighted by Crippen LogP contribution is 2.20.